The smallest absolute Gasteiger partial charge is 0.245 e. The highest BCUT2D eigenvalue weighted by Crippen LogP contribution is 2.21. The van der Waals surface area contributed by atoms with Crippen LogP contribution < -0.4 is 11.1 Å². The average molecular weight is 275 g/mol. The Hall–Kier alpha value is -1.84. The van der Waals surface area contributed by atoms with E-state index in [0.717, 1.165) is 16.8 Å². The maximum Gasteiger partial charge on any atom is 0.245 e. The van der Waals surface area contributed by atoms with Crippen LogP contribution in [0, 0.1) is 6.92 Å². The van der Waals surface area contributed by atoms with Gasteiger partial charge in [0.2, 0.25) is 5.91 Å². The van der Waals surface area contributed by atoms with Crippen LogP contribution in [0.5, 0.6) is 0 Å². The largest absolute Gasteiger partial charge is 0.324 e. The molecule has 0 aliphatic rings. The highest BCUT2D eigenvalue weighted by atomic mass is 35.5. The Morgan fingerprint density at radius 2 is 1.89 bits per heavy atom. The van der Waals surface area contributed by atoms with Crippen LogP contribution in [0.25, 0.3) is 0 Å². The molecular weight excluding hydrogens is 260 g/mol. The maximum atomic E-state index is 12.1. The molecule has 0 saturated carbocycles. The molecule has 0 bridgehead atoms. The molecule has 3 nitrogen and oxygen atoms in total. The third-order valence-corrected chi connectivity index (χ3v) is 3.12. The first kappa shape index (κ1) is 13.6. The molecule has 0 fully saturated rings. The number of aryl methyl sites for hydroxylation is 1. The van der Waals surface area contributed by atoms with Crippen LogP contribution in [0.15, 0.2) is 48.5 Å². The molecule has 4 heteroatoms. The summed E-state index contributed by atoms with van der Waals surface area (Å²) in [5, 5.41) is 3.45. The SMILES string of the molecule is Cc1cc(Cl)ccc1NC(=O)[C@H](N)c1ccccc1. The first-order valence-electron chi connectivity index (χ1n) is 5.95. The Bertz CT molecular complexity index is 584. The van der Waals surface area contributed by atoms with Gasteiger partial charge in [-0.3, -0.25) is 4.79 Å². The van der Waals surface area contributed by atoms with Crippen molar-refractivity contribution in [1.29, 1.82) is 0 Å². The molecule has 0 saturated heterocycles. The topological polar surface area (TPSA) is 55.1 Å². The van der Waals surface area contributed by atoms with E-state index in [1.807, 2.05) is 37.3 Å². The summed E-state index contributed by atoms with van der Waals surface area (Å²) in [7, 11) is 0. The molecular formula is C15H15ClN2O. The van der Waals surface area contributed by atoms with E-state index in [1.54, 1.807) is 18.2 Å². The van der Waals surface area contributed by atoms with Crippen molar-refractivity contribution in [2.45, 2.75) is 13.0 Å². The quantitative estimate of drug-likeness (QED) is 0.902. The second-order valence-electron chi connectivity index (χ2n) is 4.34. The minimum Gasteiger partial charge on any atom is -0.324 e. The summed E-state index contributed by atoms with van der Waals surface area (Å²) in [6.45, 7) is 1.88. The number of amides is 1. The number of nitrogens with one attached hydrogen (secondary N) is 1. The maximum absolute atomic E-state index is 12.1. The molecule has 0 unspecified atom stereocenters. The minimum atomic E-state index is -0.684. The minimum absolute atomic E-state index is 0.239. The summed E-state index contributed by atoms with van der Waals surface area (Å²) in [4.78, 5) is 12.1. The van der Waals surface area contributed by atoms with Crippen LogP contribution in [-0.4, -0.2) is 5.91 Å². The van der Waals surface area contributed by atoms with Crippen LogP contribution in [0.4, 0.5) is 5.69 Å². The van der Waals surface area contributed by atoms with Gasteiger partial charge in [-0.1, -0.05) is 41.9 Å². The van der Waals surface area contributed by atoms with Gasteiger partial charge in [0.05, 0.1) is 0 Å². The molecule has 0 aliphatic heterocycles. The average Bonchev–Trinajstić information content (AvgIpc) is 2.42. The number of hydrogen-bond donors (Lipinski definition) is 2. The fourth-order valence-corrected chi connectivity index (χ4v) is 2.02. The van der Waals surface area contributed by atoms with Crippen molar-refractivity contribution >= 4 is 23.2 Å². The Morgan fingerprint density at radius 1 is 1.21 bits per heavy atom. The summed E-state index contributed by atoms with van der Waals surface area (Å²) < 4.78 is 0. The second kappa shape index (κ2) is 5.87. The number of hydrogen-bond acceptors (Lipinski definition) is 2. The summed E-state index contributed by atoms with van der Waals surface area (Å²) in [5.41, 5.74) is 8.34. The molecule has 0 aromatic heterocycles. The van der Waals surface area contributed by atoms with E-state index < -0.39 is 6.04 Å². The van der Waals surface area contributed by atoms with E-state index in [4.69, 9.17) is 17.3 Å². The molecule has 1 atom stereocenters. The molecule has 2 rings (SSSR count). The normalized spacial score (nSPS) is 11.9. The van der Waals surface area contributed by atoms with Crippen molar-refractivity contribution < 1.29 is 4.79 Å². The van der Waals surface area contributed by atoms with Crippen LogP contribution in [0.3, 0.4) is 0 Å². The predicted octanol–water partition coefficient (Wildman–Crippen LogP) is 3.29. The Balaban J connectivity index is 2.13. The highest BCUT2D eigenvalue weighted by molar-refractivity contribution is 6.30. The van der Waals surface area contributed by atoms with Gasteiger partial charge in [-0.15, -0.1) is 0 Å². The fourth-order valence-electron chi connectivity index (χ4n) is 1.79. The monoisotopic (exact) mass is 274 g/mol. The number of halogens is 1. The molecule has 3 N–H and O–H groups in total. The van der Waals surface area contributed by atoms with Crippen LogP contribution >= 0.6 is 11.6 Å². The zero-order valence-electron chi connectivity index (χ0n) is 10.6. The Labute approximate surface area is 117 Å². The standard InChI is InChI=1S/C15H15ClN2O/c1-10-9-12(16)7-8-13(10)18-15(19)14(17)11-5-3-2-4-6-11/h2-9,14H,17H2,1H3,(H,18,19)/t14-/m1/s1. The number of nitrogens with two attached hydrogens (primary N) is 1. The molecule has 2 aromatic rings. The van der Waals surface area contributed by atoms with Gasteiger partial charge in [0.1, 0.15) is 6.04 Å². The lowest BCUT2D eigenvalue weighted by Gasteiger charge is -2.14. The van der Waals surface area contributed by atoms with Crippen molar-refractivity contribution in [3.8, 4) is 0 Å². The third-order valence-electron chi connectivity index (χ3n) is 2.89. The number of rotatable bonds is 3. The first-order valence-corrected chi connectivity index (χ1v) is 6.33. The van der Waals surface area contributed by atoms with E-state index in [0.29, 0.717) is 5.02 Å². The van der Waals surface area contributed by atoms with E-state index in [-0.39, 0.29) is 5.91 Å². The number of carbonyl (C=O) groups excluding carboxylic acids is 1. The fraction of sp³-hybridized carbons (Fsp3) is 0.133. The van der Waals surface area contributed by atoms with Crippen LogP contribution in [0.1, 0.15) is 17.2 Å². The summed E-state index contributed by atoms with van der Waals surface area (Å²) in [6.07, 6.45) is 0. The van der Waals surface area contributed by atoms with Crippen molar-refractivity contribution in [3.05, 3.63) is 64.7 Å². The molecule has 98 valence electrons. The van der Waals surface area contributed by atoms with Gasteiger partial charge in [0.25, 0.3) is 0 Å². The van der Waals surface area contributed by atoms with Crippen molar-refractivity contribution in [2.24, 2.45) is 5.73 Å². The third kappa shape index (κ3) is 3.34. The molecule has 0 radical (unpaired) electrons. The molecule has 0 heterocycles. The molecule has 1 amide bonds. The molecule has 19 heavy (non-hydrogen) atoms. The predicted molar refractivity (Wildman–Crippen MR) is 78.2 cm³/mol. The van der Waals surface area contributed by atoms with E-state index in [2.05, 4.69) is 5.32 Å². The number of benzene rings is 2. The number of carbonyl (C=O) groups is 1. The first-order chi connectivity index (χ1) is 9.08. The summed E-state index contributed by atoms with van der Waals surface area (Å²) in [5.74, 6) is -0.239. The van der Waals surface area contributed by atoms with E-state index in [9.17, 15) is 4.79 Å². The van der Waals surface area contributed by atoms with Crippen molar-refractivity contribution in [1.82, 2.24) is 0 Å². The van der Waals surface area contributed by atoms with Gasteiger partial charge in [-0.2, -0.15) is 0 Å². The van der Waals surface area contributed by atoms with Crippen LogP contribution in [0.2, 0.25) is 5.02 Å². The summed E-state index contributed by atoms with van der Waals surface area (Å²) >= 11 is 5.87. The van der Waals surface area contributed by atoms with Crippen LogP contribution in [-0.2, 0) is 4.79 Å². The van der Waals surface area contributed by atoms with Gasteiger partial charge in [-0.25, -0.2) is 0 Å². The second-order valence-corrected chi connectivity index (χ2v) is 4.77. The Morgan fingerprint density at radius 3 is 2.53 bits per heavy atom. The molecule has 0 spiro atoms. The zero-order chi connectivity index (χ0) is 13.8. The van der Waals surface area contributed by atoms with E-state index in [1.165, 1.54) is 0 Å². The van der Waals surface area contributed by atoms with Crippen molar-refractivity contribution in [2.75, 3.05) is 5.32 Å². The lowest BCUT2D eigenvalue weighted by atomic mass is 10.1. The van der Waals surface area contributed by atoms with Gasteiger partial charge >= 0.3 is 0 Å². The zero-order valence-corrected chi connectivity index (χ0v) is 11.3. The highest BCUT2D eigenvalue weighted by Gasteiger charge is 2.16. The Kier molecular flexibility index (Phi) is 4.20. The molecule has 0 aliphatic carbocycles. The van der Waals surface area contributed by atoms with Gasteiger partial charge in [0, 0.05) is 10.7 Å². The number of anilines is 1. The van der Waals surface area contributed by atoms with Crippen molar-refractivity contribution in [3.63, 3.8) is 0 Å². The lowest BCUT2D eigenvalue weighted by molar-refractivity contribution is -0.117. The molecule has 2 aromatic carbocycles. The van der Waals surface area contributed by atoms with E-state index >= 15 is 0 Å². The van der Waals surface area contributed by atoms with Gasteiger partial charge in [0.15, 0.2) is 0 Å². The van der Waals surface area contributed by atoms with Gasteiger partial charge < -0.3 is 11.1 Å². The van der Waals surface area contributed by atoms with Gasteiger partial charge in [-0.05, 0) is 36.2 Å². The summed E-state index contributed by atoms with van der Waals surface area (Å²) in [6, 6.07) is 13.9. The lowest BCUT2D eigenvalue weighted by Crippen LogP contribution is -2.27.